The van der Waals surface area contributed by atoms with Crippen LogP contribution in [0.3, 0.4) is 0 Å². The molecular weight excluding hydrogens is 460 g/mol. The summed E-state index contributed by atoms with van der Waals surface area (Å²) in [7, 11) is 0. The fourth-order valence-corrected chi connectivity index (χ4v) is 7.87. The minimum Gasteiger partial charge on any atom is -0.392 e. The number of fused-ring (bicyclic) bond motifs is 5. The predicted octanol–water partition coefficient (Wildman–Crippen LogP) is 4.79. The zero-order valence-corrected chi connectivity index (χ0v) is 18.7. The lowest BCUT2D eigenvalue weighted by Crippen LogP contribution is -2.55. The molecule has 0 amide bonds. The van der Waals surface area contributed by atoms with E-state index >= 15 is 0 Å². The van der Waals surface area contributed by atoms with Crippen LogP contribution in [-0.4, -0.2) is 26.5 Å². The summed E-state index contributed by atoms with van der Waals surface area (Å²) < 4.78 is -0.252. The number of hydrogen-bond acceptors (Lipinski definition) is 3. The molecule has 26 heavy (non-hydrogen) atoms. The third kappa shape index (κ3) is 2.59. The molecule has 0 bridgehead atoms. The number of aliphatic hydroxyl groups is 1. The van der Waals surface area contributed by atoms with Gasteiger partial charge in [-0.15, -0.1) is 0 Å². The molecule has 1 N–H and O–H groups in total. The molecule has 4 rings (SSSR count). The van der Waals surface area contributed by atoms with Gasteiger partial charge in [-0.1, -0.05) is 51.3 Å². The van der Waals surface area contributed by atoms with Crippen LogP contribution in [0.1, 0.15) is 58.8 Å². The van der Waals surface area contributed by atoms with Crippen LogP contribution < -0.4 is 0 Å². The lowest BCUT2D eigenvalue weighted by atomic mass is 9.46. The summed E-state index contributed by atoms with van der Waals surface area (Å²) in [5, 5.41) is 10.9. The van der Waals surface area contributed by atoms with Gasteiger partial charge in [0.2, 0.25) is 0 Å². The quantitative estimate of drug-likeness (QED) is 0.569. The van der Waals surface area contributed by atoms with Crippen molar-refractivity contribution in [3.63, 3.8) is 0 Å². The molecule has 1 unspecified atom stereocenters. The topological polar surface area (TPSA) is 54.4 Å². The zero-order valence-electron chi connectivity index (χ0n) is 15.5. The molecule has 0 spiro atoms. The third-order valence-electron chi connectivity index (χ3n) is 8.63. The van der Waals surface area contributed by atoms with Gasteiger partial charge in [0, 0.05) is 17.8 Å². The first kappa shape index (κ1) is 19.3. The smallest absolute Gasteiger partial charge is 0.160 e. The lowest BCUT2D eigenvalue weighted by Gasteiger charge is -2.59. The molecule has 4 aliphatic carbocycles. The van der Waals surface area contributed by atoms with E-state index in [1.807, 2.05) is 6.08 Å². The van der Waals surface area contributed by atoms with Crippen LogP contribution in [0, 0.1) is 34.5 Å². The molecule has 5 heteroatoms. The summed E-state index contributed by atoms with van der Waals surface area (Å²) in [6, 6.07) is 0. The first-order chi connectivity index (χ1) is 12.2. The number of Topliss-reactive ketones (excluding diaryl/α,β-unsaturated/α-hetero) is 1. The van der Waals surface area contributed by atoms with Gasteiger partial charge in [-0.25, -0.2) is 0 Å². The SMILES string of the molecule is C[C@]12CC[C@H]3[C@@H](CCC4=CC(=O)CC(O)[C@@]43C)[C@@H]1CC[C@@H]2C(=O)C(Br)Br. The molecule has 0 aromatic rings. The Hall–Kier alpha value is -0.000000000000000222. The summed E-state index contributed by atoms with van der Waals surface area (Å²) in [5.74, 6) is 2.04. The molecule has 0 aromatic heterocycles. The molecule has 0 aromatic carbocycles. The molecule has 4 aliphatic rings. The van der Waals surface area contributed by atoms with E-state index in [1.165, 1.54) is 5.57 Å². The maximum atomic E-state index is 12.8. The second-order valence-electron chi connectivity index (χ2n) is 9.43. The van der Waals surface area contributed by atoms with Crippen LogP contribution in [-0.2, 0) is 9.59 Å². The van der Waals surface area contributed by atoms with Crippen LogP contribution in [0.15, 0.2) is 11.6 Å². The van der Waals surface area contributed by atoms with Crippen LogP contribution in [0.4, 0.5) is 0 Å². The van der Waals surface area contributed by atoms with Gasteiger partial charge in [-0.2, -0.15) is 0 Å². The predicted molar refractivity (Wildman–Crippen MR) is 108 cm³/mol. The van der Waals surface area contributed by atoms with Gasteiger partial charge in [0.1, 0.15) is 3.74 Å². The van der Waals surface area contributed by atoms with Gasteiger partial charge in [-0.05, 0) is 67.8 Å². The molecule has 0 heterocycles. The fraction of sp³-hybridized carbons (Fsp3) is 0.810. The van der Waals surface area contributed by atoms with Crippen molar-refractivity contribution in [2.24, 2.45) is 34.5 Å². The third-order valence-corrected chi connectivity index (χ3v) is 9.53. The second-order valence-corrected chi connectivity index (χ2v) is 12.5. The number of hydrogen-bond donors (Lipinski definition) is 1. The van der Waals surface area contributed by atoms with Gasteiger partial charge in [0.25, 0.3) is 0 Å². The normalized spacial score (nSPS) is 47.8. The summed E-state index contributed by atoms with van der Waals surface area (Å²) in [4.78, 5) is 24.7. The van der Waals surface area contributed by atoms with Gasteiger partial charge in [0.05, 0.1) is 6.10 Å². The number of carbonyl (C=O) groups excluding carboxylic acids is 2. The average molecular weight is 488 g/mol. The van der Waals surface area contributed by atoms with Crippen LogP contribution in [0.2, 0.25) is 0 Å². The van der Waals surface area contributed by atoms with Gasteiger partial charge < -0.3 is 5.11 Å². The minimum atomic E-state index is -0.555. The number of halogens is 2. The summed E-state index contributed by atoms with van der Waals surface area (Å²) in [5.41, 5.74) is 0.997. The first-order valence-corrected chi connectivity index (χ1v) is 11.8. The largest absolute Gasteiger partial charge is 0.392 e. The molecule has 144 valence electrons. The van der Waals surface area contributed by atoms with E-state index in [1.54, 1.807) is 0 Å². The van der Waals surface area contributed by atoms with Crippen molar-refractivity contribution in [3.05, 3.63) is 11.6 Å². The zero-order chi connectivity index (χ0) is 18.9. The number of carbonyl (C=O) groups is 2. The maximum Gasteiger partial charge on any atom is 0.160 e. The van der Waals surface area contributed by atoms with Crippen LogP contribution in [0.5, 0.6) is 0 Å². The standard InChI is InChI=1S/C21H28Br2O3/c1-20-8-7-15-13(14(20)5-6-16(20)18(26)19(22)23)4-3-11-9-12(24)10-17(25)21(11,15)2/h9,13-17,19,25H,3-8,10H2,1-2H3/t13-,14-,15-,16+,17?,20-,21-/m0/s1. The minimum absolute atomic E-state index is 0.0745. The monoisotopic (exact) mass is 486 g/mol. The van der Waals surface area contributed by atoms with Gasteiger partial charge in [-0.3, -0.25) is 9.59 Å². The number of rotatable bonds is 2. The van der Waals surface area contributed by atoms with Crippen LogP contribution in [0.25, 0.3) is 0 Å². The van der Waals surface area contributed by atoms with Crippen molar-refractivity contribution >= 4 is 43.4 Å². The molecule has 3 fully saturated rings. The Balaban J connectivity index is 1.66. The summed E-state index contributed by atoms with van der Waals surface area (Å²) in [6.07, 6.45) is 7.76. The fourth-order valence-electron chi connectivity index (χ4n) is 7.23. The Kier molecular flexibility index (Phi) is 4.84. The Bertz CT molecular complexity index is 672. The van der Waals surface area contributed by atoms with Crippen molar-refractivity contribution in [2.75, 3.05) is 0 Å². The number of alkyl halides is 2. The summed E-state index contributed by atoms with van der Waals surface area (Å²) >= 11 is 6.84. The lowest BCUT2D eigenvalue weighted by molar-refractivity contribution is -0.134. The average Bonchev–Trinajstić information content (AvgIpc) is 2.92. The molecule has 0 radical (unpaired) electrons. The van der Waals surface area contributed by atoms with Gasteiger partial charge in [0.15, 0.2) is 11.6 Å². The van der Waals surface area contributed by atoms with Crippen molar-refractivity contribution in [1.82, 2.24) is 0 Å². The van der Waals surface area contributed by atoms with E-state index in [0.29, 0.717) is 23.5 Å². The van der Waals surface area contributed by atoms with Crippen molar-refractivity contribution < 1.29 is 14.7 Å². The highest BCUT2D eigenvalue weighted by molar-refractivity contribution is 9.25. The number of aliphatic hydroxyl groups excluding tert-OH is 1. The molecule has 0 aliphatic heterocycles. The Labute approximate surface area is 172 Å². The van der Waals surface area contributed by atoms with E-state index < -0.39 is 6.10 Å². The second kappa shape index (κ2) is 6.52. The molecule has 3 nitrogen and oxygen atoms in total. The molecular formula is C21H28Br2O3. The molecule has 3 saturated carbocycles. The van der Waals surface area contributed by atoms with E-state index in [0.717, 1.165) is 38.5 Å². The Morgan fingerprint density at radius 1 is 1.19 bits per heavy atom. The molecule has 0 saturated heterocycles. The van der Waals surface area contributed by atoms with Crippen molar-refractivity contribution in [2.45, 2.75) is 68.6 Å². The van der Waals surface area contributed by atoms with Crippen molar-refractivity contribution in [1.29, 1.82) is 0 Å². The van der Waals surface area contributed by atoms with E-state index in [4.69, 9.17) is 0 Å². The number of ketones is 2. The molecule has 7 atom stereocenters. The van der Waals surface area contributed by atoms with E-state index in [2.05, 4.69) is 45.7 Å². The van der Waals surface area contributed by atoms with Crippen molar-refractivity contribution in [3.8, 4) is 0 Å². The summed E-state index contributed by atoms with van der Waals surface area (Å²) in [6.45, 7) is 4.53. The van der Waals surface area contributed by atoms with E-state index in [9.17, 15) is 14.7 Å². The highest BCUT2D eigenvalue weighted by atomic mass is 79.9. The maximum absolute atomic E-state index is 12.8. The van der Waals surface area contributed by atoms with Gasteiger partial charge >= 0.3 is 0 Å². The highest BCUT2D eigenvalue weighted by Crippen LogP contribution is 2.66. The highest BCUT2D eigenvalue weighted by Gasteiger charge is 2.61. The van der Waals surface area contributed by atoms with E-state index in [-0.39, 0.29) is 32.7 Å². The Morgan fingerprint density at radius 2 is 1.92 bits per heavy atom. The Morgan fingerprint density at radius 3 is 2.62 bits per heavy atom. The van der Waals surface area contributed by atoms with Crippen LogP contribution >= 0.6 is 31.9 Å². The first-order valence-electron chi connectivity index (χ1n) is 9.93.